The normalized spacial score (nSPS) is 23.4. The summed E-state index contributed by atoms with van der Waals surface area (Å²) < 4.78 is 5.82. The largest absolute Gasteiger partial charge is 0.479 e. The van der Waals surface area contributed by atoms with Crippen LogP contribution in [-0.2, 0) is 9.59 Å². The van der Waals surface area contributed by atoms with Gasteiger partial charge in [-0.1, -0.05) is 25.7 Å². The Kier molecular flexibility index (Phi) is 6.38. The summed E-state index contributed by atoms with van der Waals surface area (Å²) in [6, 6.07) is 5.66. The van der Waals surface area contributed by atoms with Gasteiger partial charge >= 0.3 is 0 Å². The number of anilines is 2. The molecule has 1 N–H and O–H groups in total. The summed E-state index contributed by atoms with van der Waals surface area (Å²) in [7, 11) is 0. The number of carbonyl (C=O) groups excluding carboxylic acids is 2. The quantitative estimate of drug-likeness (QED) is 0.818. The number of ether oxygens (including phenoxy) is 1. The number of carbonyl (C=O) groups is 2. The third-order valence-electron chi connectivity index (χ3n) is 6.50. The maximum Gasteiger partial charge on any atom is 0.267 e. The number of likely N-dealkylation sites (tertiary alicyclic amines) is 1. The second kappa shape index (κ2) is 9.16. The van der Waals surface area contributed by atoms with E-state index in [0.29, 0.717) is 12.3 Å². The van der Waals surface area contributed by atoms with E-state index in [1.54, 1.807) is 6.92 Å². The number of nitrogens with zero attached hydrogens (tertiary/aromatic N) is 2. The molecule has 1 saturated heterocycles. The molecule has 6 heteroatoms. The van der Waals surface area contributed by atoms with Gasteiger partial charge in [0.2, 0.25) is 5.91 Å². The van der Waals surface area contributed by atoms with E-state index < -0.39 is 6.10 Å². The molecule has 158 valence electrons. The number of piperidine rings is 1. The maximum atomic E-state index is 12.8. The van der Waals surface area contributed by atoms with E-state index in [-0.39, 0.29) is 17.7 Å². The van der Waals surface area contributed by atoms with Crippen molar-refractivity contribution >= 4 is 23.2 Å². The van der Waals surface area contributed by atoms with E-state index in [2.05, 4.69) is 10.2 Å². The first kappa shape index (κ1) is 20.2. The number of nitrogens with one attached hydrogen (secondary N) is 1. The molecule has 2 amide bonds. The monoisotopic (exact) mass is 399 g/mol. The lowest BCUT2D eigenvalue weighted by Crippen LogP contribution is -2.48. The van der Waals surface area contributed by atoms with Crippen molar-refractivity contribution in [2.75, 3.05) is 36.4 Å². The van der Waals surface area contributed by atoms with Crippen molar-refractivity contribution in [3.63, 3.8) is 0 Å². The van der Waals surface area contributed by atoms with Gasteiger partial charge < -0.3 is 19.9 Å². The van der Waals surface area contributed by atoms with Crippen LogP contribution in [0.5, 0.6) is 5.75 Å². The summed E-state index contributed by atoms with van der Waals surface area (Å²) >= 11 is 0. The molecular formula is C23H33N3O3. The van der Waals surface area contributed by atoms with Crippen molar-refractivity contribution in [1.29, 1.82) is 0 Å². The van der Waals surface area contributed by atoms with Crippen molar-refractivity contribution in [2.24, 2.45) is 5.92 Å². The van der Waals surface area contributed by atoms with Gasteiger partial charge in [-0.3, -0.25) is 9.59 Å². The van der Waals surface area contributed by atoms with E-state index in [1.165, 1.54) is 25.7 Å². The van der Waals surface area contributed by atoms with Crippen LogP contribution in [0.2, 0.25) is 0 Å². The molecule has 29 heavy (non-hydrogen) atoms. The Morgan fingerprint density at radius 2 is 1.79 bits per heavy atom. The van der Waals surface area contributed by atoms with Gasteiger partial charge in [0.1, 0.15) is 5.75 Å². The average molecular weight is 400 g/mol. The summed E-state index contributed by atoms with van der Waals surface area (Å²) in [4.78, 5) is 29.8. The minimum Gasteiger partial charge on any atom is -0.479 e. The van der Waals surface area contributed by atoms with Crippen LogP contribution in [0.3, 0.4) is 0 Å². The molecule has 2 fully saturated rings. The lowest BCUT2D eigenvalue weighted by atomic mass is 9.88. The Morgan fingerprint density at radius 3 is 2.55 bits per heavy atom. The highest BCUT2D eigenvalue weighted by atomic mass is 16.5. The van der Waals surface area contributed by atoms with Gasteiger partial charge in [0.25, 0.3) is 5.91 Å². The molecule has 3 aliphatic rings. The Hall–Kier alpha value is -2.08. The zero-order valence-electron chi connectivity index (χ0n) is 17.5. The van der Waals surface area contributed by atoms with E-state index >= 15 is 0 Å². The van der Waals surface area contributed by atoms with Gasteiger partial charge in [-0.25, -0.2) is 0 Å². The first-order valence-electron chi connectivity index (χ1n) is 11.3. The van der Waals surface area contributed by atoms with Crippen LogP contribution in [0.4, 0.5) is 11.4 Å². The molecule has 0 aromatic heterocycles. The second-order valence-electron chi connectivity index (χ2n) is 8.66. The summed E-state index contributed by atoms with van der Waals surface area (Å²) in [6.45, 7) is 5.55. The molecule has 6 nitrogen and oxygen atoms in total. The molecule has 0 spiro atoms. The molecule has 1 aliphatic carbocycles. The minimum atomic E-state index is -0.480. The summed E-state index contributed by atoms with van der Waals surface area (Å²) in [5.74, 6) is 0.908. The Labute approximate surface area is 173 Å². The fourth-order valence-corrected chi connectivity index (χ4v) is 4.75. The van der Waals surface area contributed by atoms with Gasteiger partial charge in [0.05, 0.1) is 5.69 Å². The van der Waals surface area contributed by atoms with Crippen LogP contribution in [0.1, 0.15) is 58.3 Å². The summed E-state index contributed by atoms with van der Waals surface area (Å²) in [5, 5.41) is 3.07. The zero-order valence-corrected chi connectivity index (χ0v) is 17.5. The molecule has 4 rings (SSSR count). The second-order valence-corrected chi connectivity index (χ2v) is 8.66. The summed E-state index contributed by atoms with van der Waals surface area (Å²) in [5.41, 5.74) is 1.51. The van der Waals surface area contributed by atoms with Gasteiger partial charge in [0, 0.05) is 24.7 Å². The lowest BCUT2D eigenvalue weighted by molar-refractivity contribution is -0.125. The highest BCUT2D eigenvalue weighted by Gasteiger charge is 2.32. The number of hydrogen-bond acceptors (Lipinski definition) is 4. The minimum absolute atomic E-state index is 0.00901. The Bertz CT molecular complexity index is 739. The number of rotatable bonds is 5. The first-order chi connectivity index (χ1) is 14.1. The molecule has 0 bridgehead atoms. The smallest absolute Gasteiger partial charge is 0.267 e. The van der Waals surface area contributed by atoms with E-state index in [9.17, 15) is 9.59 Å². The Morgan fingerprint density at radius 1 is 1.07 bits per heavy atom. The number of amides is 2. The van der Waals surface area contributed by atoms with E-state index in [1.807, 2.05) is 23.1 Å². The van der Waals surface area contributed by atoms with Crippen LogP contribution in [0.15, 0.2) is 18.2 Å². The van der Waals surface area contributed by atoms with E-state index in [4.69, 9.17) is 4.74 Å². The van der Waals surface area contributed by atoms with Crippen molar-refractivity contribution in [3.05, 3.63) is 18.2 Å². The predicted molar refractivity (Wildman–Crippen MR) is 114 cm³/mol. The third-order valence-corrected chi connectivity index (χ3v) is 6.50. The Balaban J connectivity index is 1.48. The molecule has 1 unspecified atom stereocenters. The first-order valence-corrected chi connectivity index (χ1v) is 11.3. The van der Waals surface area contributed by atoms with Crippen LogP contribution < -0.4 is 15.0 Å². The van der Waals surface area contributed by atoms with Crippen molar-refractivity contribution in [1.82, 2.24) is 4.90 Å². The van der Waals surface area contributed by atoms with Crippen molar-refractivity contribution in [2.45, 2.75) is 64.4 Å². The standard InChI is InChI=1S/C23H33N3O3/c1-17-23(28)26(15-14-25-12-6-3-7-13-25)20-16-19(10-11-21(20)29-17)24-22(27)18-8-4-2-5-9-18/h10-11,16-18H,2-9,12-15H2,1H3,(H,24,27). The highest BCUT2D eigenvalue weighted by molar-refractivity contribution is 6.01. The molecule has 1 aromatic carbocycles. The van der Waals surface area contributed by atoms with Gasteiger partial charge in [0.15, 0.2) is 6.10 Å². The molecule has 2 heterocycles. The molecule has 1 saturated carbocycles. The van der Waals surface area contributed by atoms with Crippen LogP contribution in [0, 0.1) is 5.92 Å². The molecule has 1 aromatic rings. The molecule has 0 radical (unpaired) electrons. The number of hydrogen-bond donors (Lipinski definition) is 1. The molecule has 2 aliphatic heterocycles. The maximum absolute atomic E-state index is 12.8. The molecular weight excluding hydrogens is 366 g/mol. The highest BCUT2D eigenvalue weighted by Crippen LogP contribution is 2.36. The van der Waals surface area contributed by atoms with Crippen LogP contribution >= 0.6 is 0 Å². The molecule has 1 atom stereocenters. The SMILES string of the molecule is CC1Oc2ccc(NC(=O)C3CCCCC3)cc2N(CCN2CCCCC2)C1=O. The number of fused-ring (bicyclic) bond motifs is 1. The van der Waals surface area contributed by atoms with Crippen molar-refractivity contribution < 1.29 is 14.3 Å². The number of benzene rings is 1. The summed E-state index contributed by atoms with van der Waals surface area (Å²) in [6.07, 6.45) is 8.73. The van der Waals surface area contributed by atoms with Gasteiger partial charge in [-0.15, -0.1) is 0 Å². The van der Waals surface area contributed by atoms with Gasteiger partial charge in [-0.05, 0) is 63.9 Å². The van der Waals surface area contributed by atoms with E-state index in [0.717, 1.165) is 56.7 Å². The van der Waals surface area contributed by atoms with Crippen molar-refractivity contribution in [3.8, 4) is 5.75 Å². The van der Waals surface area contributed by atoms with Gasteiger partial charge in [-0.2, -0.15) is 0 Å². The fraction of sp³-hybridized carbons (Fsp3) is 0.652. The average Bonchev–Trinajstić information content (AvgIpc) is 2.76. The lowest BCUT2D eigenvalue weighted by Gasteiger charge is -2.35. The topological polar surface area (TPSA) is 61.9 Å². The zero-order chi connectivity index (χ0) is 20.2. The van der Waals surface area contributed by atoms with Crippen LogP contribution in [0.25, 0.3) is 0 Å². The van der Waals surface area contributed by atoms with Crippen LogP contribution in [-0.4, -0.2) is 49.0 Å². The third kappa shape index (κ3) is 4.74. The predicted octanol–water partition coefficient (Wildman–Crippen LogP) is 3.81. The fourth-order valence-electron chi connectivity index (χ4n) is 4.75.